The van der Waals surface area contributed by atoms with Gasteiger partial charge in [-0.2, -0.15) is 5.26 Å². The molecule has 2 aromatic carbocycles. The molecular weight excluding hydrogens is 516 g/mol. The molecule has 5 rings (SSSR count). The van der Waals surface area contributed by atoms with Crippen molar-refractivity contribution < 1.29 is 13.9 Å². The molecule has 208 valence electrons. The number of benzene rings is 2. The van der Waals surface area contributed by atoms with Crippen LogP contribution in [0, 0.1) is 23.0 Å². The molecule has 0 unspecified atom stereocenters. The van der Waals surface area contributed by atoms with Crippen LogP contribution in [-0.2, 0) is 0 Å². The van der Waals surface area contributed by atoms with Gasteiger partial charge in [0.05, 0.1) is 40.5 Å². The normalized spacial score (nSPS) is 15.8. The Kier molecular flexibility index (Phi) is 7.05. The lowest BCUT2D eigenvalue weighted by atomic mass is 10.0. The van der Waals surface area contributed by atoms with Crippen LogP contribution in [0.15, 0.2) is 42.7 Å². The number of hydrazine groups is 1. The van der Waals surface area contributed by atoms with Crippen molar-refractivity contribution in [3.8, 4) is 28.6 Å². The molecule has 4 aromatic rings. The number of fused-ring (bicyclic) bond motifs is 1. The highest BCUT2D eigenvalue weighted by Crippen LogP contribution is 2.39. The van der Waals surface area contributed by atoms with Crippen molar-refractivity contribution in [2.45, 2.75) is 38.3 Å². The van der Waals surface area contributed by atoms with Gasteiger partial charge in [-0.3, -0.25) is 4.40 Å². The lowest BCUT2D eigenvalue weighted by Gasteiger charge is -2.31. The first-order chi connectivity index (χ1) is 19.0. The highest BCUT2D eigenvalue weighted by atomic mass is 19.1. The highest BCUT2D eigenvalue weighted by Gasteiger charge is 2.27. The summed E-state index contributed by atoms with van der Waals surface area (Å²) in [5, 5.41) is 20.6. The first-order valence-corrected chi connectivity index (χ1v) is 12.9. The number of hydrogen-bond donors (Lipinski definition) is 4. The third-order valence-electron chi connectivity index (χ3n) is 6.88. The predicted molar refractivity (Wildman–Crippen MR) is 150 cm³/mol. The average Bonchev–Trinajstić information content (AvgIpc) is 3.28. The molecule has 0 bridgehead atoms. The third kappa shape index (κ3) is 5.14. The number of aliphatic hydroxyl groups is 1. The third-order valence-corrected chi connectivity index (χ3v) is 6.88. The van der Waals surface area contributed by atoms with Crippen molar-refractivity contribution in [3.63, 3.8) is 0 Å². The summed E-state index contributed by atoms with van der Waals surface area (Å²) >= 11 is 0. The van der Waals surface area contributed by atoms with E-state index in [1.807, 2.05) is 11.0 Å². The second-order valence-corrected chi connectivity index (χ2v) is 10.7. The van der Waals surface area contributed by atoms with Crippen molar-refractivity contribution >= 4 is 22.8 Å². The maximum atomic E-state index is 15.9. The quantitative estimate of drug-likeness (QED) is 0.162. The van der Waals surface area contributed by atoms with Crippen LogP contribution in [-0.4, -0.2) is 50.8 Å². The highest BCUT2D eigenvalue weighted by molar-refractivity contribution is 5.87. The van der Waals surface area contributed by atoms with E-state index in [0.29, 0.717) is 29.3 Å². The second-order valence-electron chi connectivity index (χ2n) is 10.7. The van der Waals surface area contributed by atoms with Gasteiger partial charge in [0.15, 0.2) is 11.5 Å². The molecule has 10 nitrogen and oxygen atoms in total. The van der Waals surface area contributed by atoms with Gasteiger partial charge in [0.1, 0.15) is 17.7 Å². The van der Waals surface area contributed by atoms with Gasteiger partial charge in [0.2, 0.25) is 0 Å². The standard InChI is InChI=1S/C28H31F2N9O/c1-28(2,40)15-39(34)23-12-21(30)19(11-22(23)33)25-24(16-5-6-17(13-31)20(29)10-16)36-27-26(35-7-9-38(25)27)37-8-3-4-18(32)14-37/h5-7,9-12,18,40H,3-4,8,14-15,32-34H2,1-2H3/t18-/m1/s1. The van der Waals surface area contributed by atoms with Gasteiger partial charge >= 0.3 is 0 Å². The Morgan fingerprint density at radius 2 is 2.00 bits per heavy atom. The minimum absolute atomic E-state index is 0.00830. The number of anilines is 3. The van der Waals surface area contributed by atoms with Crippen LogP contribution in [0.5, 0.6) is 0 Å². The van der Waals surface area contributed by atoms with Gasteiger partial charge in [-0.25, -0.2) is 24.6 Å². The van der Waals surface area contributed by atoms with Crippen LogP contribution in [0.4, 0.5) is 26.0 Å². The molecule has 0 spiro atoms. The van der Waals surface area contributed by atoms with E-state index in [-0.39, 0.29) is 40.8 Å². The predicted octanol–water partition coefficient (Wildman–Crippen LogP) is 3.17. The summed E-state index contributed by atoms with van der Waals surface area (Å²) in [4.78, 5) is 11.4. The Hall–Kier alpha value is -4.31. The molecule has 0 radical (unpaired) electrons. The lowest BCUT2D eigenvalue weighted by molar-refractivity contribution is 0.0874. The maximum absolute atomic E-state index is 15.9. The molecule has 1 saturated heterocycles. The molecule has 1 atom stereocenters. The van der Waals surface area contributed by atoms with Crippen LogP contribution in [0.3, 0.4) is 0 Å². The lowest BCUT2D eigenvalue weighted by Crippen LogP contribution is -2.43. The zero-order valence-electron chi connectivity index (χ0n) is 22.3. The zero-order chi connectivity index (χ0) is 28.8. The number of rotatable bonds is 6. The SMILES string of the molecule is CC(C)(O)CN(N)c1cc(F)c(-c2c(-c3ccc(C#N)c(F)c3)nc3c(N4CCC[C@@H](N)C4)nccn23)cc1N. The Morgan fingerprint density at radius 3 is 2.67 bits per heavy atom. The summed E-state index contributed by atoms with van der Waals surface area (Å²) in [5.74, 6) is 5.31. The van der Waals surface area contributed by atoms with E-state index in [9.17, 15) is 14.8 Å². The van der Waals surface area contributed by atoms with Gasteiger partial charge < -0.3 is 26.5 Å². The van der Waals surface area contributed by atoms with Gasteiger partial charge in [0, 0.05) is 48.7 Å². The molecule has 12 heteroatoms. The van der Waals surface area contributed by atoms with Crippen molar-refractivity contribution in [2.75, 3.05) is 35.3 Å². The Bertz CT molecular complexity index is 1620. The van der Waals surface area contributed by atoms with Crippen LogP contribution >= 0.6 is 0 Å². The number of nitrogen functional groups attached to an aromatic ring is 1. The molecular formula is C28H31F2N9O. The number of hydrogen-bond acceptors (Lipinski definition) is 9. The zero-order valence-corrected chi connectivity index (χ0v) is 22.3. The van der Waals surface area contributed by atoms with Gasteiger partial charge in [0.25, 0.3) is 0 Å². The number of piperidine rings is 1. The number of nitriles is 1. The van der Waals surface area contributed by atoms with Gasteiger partial charge in [-0.1, -0.05) is 6.07 Å². The first-order valence-electron chi connectivity index (χ1n) is 12.9. The summed E-state index contributed by atoms with van der Waals surface area (Å²) in [7, 11) is 0. The molecule has 40 heavy (non-hydrogen) atoms. The fourth-order valence-corrected chi connectivity index (χ4v) is 5.11. The molecule has 0 amide bonds. The number of nitrogens with two attached hydrogens (primary N) is 3. The number of aromatic nitrogens is 3. The van der Waals surface area contributed by atoms with Crippen LogP contribution < -0.4 is 27.2 Å². The first kappa shape index (κ1) is 27.3. The molecule has 1 aliphatic heterocycles. The fraction of sp³-hybridized carbons (Fsp3) is 0.321. The van der Waals surface area contributed by atoms with E-state index in [4.69, 9.17) is 22.3 Å². The van der Waals surface area contributed by atoms with Crippen molar-refractivity contribution in [1.29, 1.82) is 5.26 Å². The van der Waals surface area contributed by atoms with E-state index in [2.05, 4.69) is 4.98 Å². The summed E-state index contributed by atoms with van der Waals surface area (Å²) in [5.41, 5.74) is 13.2. The molecule has 3 heterocycles. The number of halogens is 2. The van der Waals surface area contributed by atoms with Crippen molar-refractivity contribution in [3.05, 3.63) is 59.9 Å². The summed E-state index contributed by atoms with van der Waals surface area (Å²) in [6.07, 6.45) is 5.04. The topological polar surface area (TPSA) is 159 Å². The van der Waals surface area contributed by atoms with E-state index in [0.717, 1.165) is 19.4 Å². The van der Waals surface area contributed by atoms with Crippen molar-refractivity contribution in [1.82, 2.24) is 14.4 Å². The largest absolute Gasteiger partial charge is 0.397 e. The summed E-state index contributed by atoms with van der Waals surface area (Å²) < 4.78 is 32.3. The second kappa shape index (κ2) is 10.3. The molecule has 7 N–H and O–H groups in total. The molecule has 0 saturated carbocycles. The minimum atomic E-state index is -1.15. The monoisotopic (exact) mass is 547 g/mol. The van der Waals surface area contributed by atoms with E-state index in [1.54, 1.807) is 36.7 Å². The van der Waals surface area contributed by atoms with E-state index in [1.165, 1.54) is 29.3 Å². The van der Waals surface area contributed by atoms with Gasteiger partial charge in [-0.15, -0.1) is 0 Å². The fourth-order valence-electron chi connectivity index (χ4n) is 5.11. The summed E-state index contributed by atoms with van der Waals surface area (Å²) in [6, 6.07) is 8.56. The van der Waals surface area contributed by atoms with E-state index >= 15 is 4.39 Å². The molecule has 2 aromatic heterocycles. The Balaban J connectivity index is 1.73. The van der Waals surface area contributed by atoms with Crippen LogP contribution in [0.1, 0.15) is 32.3 Å². The Labute approximate surface area is 230 Å². The van der Waals surface area contributed by atoms with Gasteiger partial charge in [-0.05, 0) is 44.9 Å². The van der Waals surface area contributed by atoms with Crippen LogP contribution in [0.25, 0.3) is 28.2 Å². The minimum Gasteiger partial charge on any atom is -0.397 e. The Morgan fingerprint density at radius 1 is 1.23 bits per heavy atom. The van der Waals surface area contributed by atoms with Crippen molar-refractivity contribution in [2.24, 2.45) is 11.6 Å². The summed E-state index contributed by atoms with van der Waals surface area (Å²) in [6.45, 7) is 4.48. The molecule has 1 fully saturated rings. The van der Waals surface area contributed by atoms with Crippen LogP contribution in [0.2, 0.25) is 0 Å². The number of nitrogens with zero attached hydrogens (tertiary/aromatic N) is 6. The smallest absolute Gasteiger partial charge is 0.181 e. The van der Waals surface area contributed by atoms with E-state index < -0.39 is 17.2 Å². The molecule has 0 aliphatic carbocycles. The molecule has 1 aliphatic rings. The number of imidazole rings is 1. The maximum Gasteiger partial charge on any atom is 0.181 e. The average molecular weight is 548 g/mol.